The number of aliphatic carboxylic acids is 1. The molecule has 4 atom stereocenters. The molecule has 1 saturated heterocycles. The lowest BCUT2D eigenvalue weighted by Crippen LogP contribution is -2.43. The molecule has 0 aliphatic carbocycles. The Labute approximate surface area is 321 Å². The van der Waals surface area contributed by atoms with Gasteiger partial charge in [0, 0.05) is 18.7 Å². The third-order valence-electron chi connectivity index (χ3n) is 9.10. The molecule has 288 valence electrons. The van der Waals surface area contributed by atoms with Crippen molar-refractivity contribution >= 4 is 29.6 Å². The molecule has 0 spiro atoms. The molecule has 1 amide bonds. The zero-order chi connectivity index (χ0) is 39.7. The number of nitrogens with one attached hydrogen (secondary N) is 1. The van der Waals surface area contributed by atoms with Crippen LogP contribution in [0.3, 0.4) is 0 Å². The van der Waals surface area contributed by atoms with Crippen LogP contribution >= 0.6 is 0 Å². The van der Waals surface area contributed by atoms with Gasteiger partial charge in [0.15, 0.2) is 18.4 Å². The standard InChI is InChI=1S/C42H39N3O11/c1-27(46)54-37-33(26-53-42(29-14-8-4-9-15-29,30-16-10-5-11-17-30)31-18-20-32(52-2)21-19-31)55-40(38(37)56-36(49)23-22-35(47)48)45-25-24-34(44-41(45)51)43-39(50)28-12-6-3-7-13-28/h3-21,24-25,33,37-38,40H,22-23,26H2,1-2H3,(H,47,48)(H,43,44,50,51)/t33-,37-,38-,40-/m1/s1. The van der Waals surface area contributed by atoms with E-state index in [2.05, 4.69) is 10.3 Å². The molecule has 0 radical (unpaired) electrons. The third-order valence-corrected chi connectivity index (χ3v) is 9.10. The van der Waals surface area contributed by atoms with E-state index in [0.717, 1.165) is 21.3 Å². The van der Waals surface area contributed by atoms with E-state index >= 15 is 0 Å². The van der Waals surface area contributed by atoms with Crippen molar-refractivity contribution in [2.24, 2.45) is 0 Å². The summed E-state index contributed by atoms with van der Waals surface area (Å²) < 4.78 is 31.4. The topological polar surface area (TPSA) is 182 Å². The van der Waals surface area contributed by atoms with Gasteiger partial charge < -0.3 is 34.1 Å². The van der Waals surface area contributed by atoms with E-state index in [9.17, 15) is 29.1 Å². The Morgan fingerprint density at radius 3 is 1.93 bits per heavy atom. The van der Waals surface area contributed by atoms with Gasteiger partial charge in [-0.1, -0.05) is 91.0 Å². The molecule has 1 aromatic heterocycles. The van der Waals surface area contributed by atoms with Crippen molar-refractivity contribution in [3.05, 3.63) is 160 Å². The Bertz CT molecular complexity index is 2160. The van der Waals surface area contributed by atoms with Crippen LogP contribution in [0.2, 0.25) is 0 Å². The highest BCUT2D eigenvalue weighted by atomic mass is 16.7. The number of ether oxygens (including phenoxy) is 5. The number of methoxy groups -OCH3 is 1. The molecule has 14 nitrogen and oxygen atoms in total. The van der Waals surface area contributed by atoms with Gasteiger partial charge in [-0.3, -0.25) is 23.7 Å². The minimum atomic E-state index is -1.46. The van der Waals surface area contributed by atoms with Crippen molar-refractivity contribution in [2.45, 2.75) is 49.9 Å². The SMILES string of the molecule is COc1ccc(C(OC[C@H]2O[C@@H](n3ccc(NC(=O)c4ccccc4)nc3=O)[C@H](OC(=O)CCC(=O)O)[C@@H]2OC(C)=O)(c2ccccc2)c2ccccc2)cc1. The van der Waals surface area contributed by atoms with E-state index in [1.165, 1.54) is 19.2 Å². The van der Waals surface area contributed by atoms with Crippen molar-refractivity contribution in [3.8, 4) is 5.75 Å². The minimum Gasteiger partial charge on any atom is -0.497 e. The Hall–Kier alpha value is -6.64. The highest BCUT2D eigenvalue weighted by Gasteiger charge is 2.52. The summed E-state index contributed by atoms with van der Waals surface area (Å²) in [6.45, 7) is 0.892. The van der Waals surface area contributed by atoms with Gasteiger partial charge in [0.1, 0.15) is 23.3 Å². The second-order valence-corrected chi connectivity index (χ2v) is 12.8. The van der Waals surface area contributed by atoms with Crippen molar-refractivity contribution in [2.75, 3.05) is 19.0 Å². The second-order valence-electron chi connectivity index (χ2n) is 12.8. The number of carbonyl (C=O) groups is 4. The van der Waals surface area contributed by atoms with Crippen LogP contribution in [0.15, 0.2) is 132 Å². The number of nitrogens with zero attached hydrogens (tertiary/aromatic N) is 2. The predicted octanol–water partition coefficient (Wildman–Crippen LogP) is 5.12. The number of aromatic nitrogens is 2. The van der Waals surface area contributed by atoms with E-state index in [1.54, 1.807) is 49.6 Å². The molecule has 0 unspecified atom stereocenters. The Balaban J connectivity index is 1.39. The van der Waals surface area contributed by atoms with Crippen LogP contribution in [0.1, 0.15) is 53.0 Å². The highest BCUT2D eigenvalue weighted by molar-refractivity contribution is 6.03. The van der Waals surface area contributed by atoms with Gasteiger partial charge in [-0.05, 0) is 47.0 Å². The average molecular weight is 762 g/mol. The van der Waals surface area contributed by atoms with E-state index in [-0.39, 0.29) is 12.4 Å². The molecule has 0 bridgehead atoms. The van der Waals surface area contributed by atoms with Gasteiger partial charge >= 0.3 is 23.6 Å². The fourth-order valence-electron chi connectivity index (χ4n) is 6.53. The minimum absolute atomic E-state index is 0.0560. The molecule has 1 aliphatic heterocycles. The fraction of sp³-hybridized carbons (Fsp3) is 0.238. The van der Waals surface area contributed by atoms with Crippen LogP contribution in [-0.2, 0) is 38.9 Å². The molecule has 4 aromatic carbocycles. The van der Waals surface area contributed by atoms with Crippen LogP contribution in [0.4, 0.5) is 5.82 Å². The summed E-state index contributed by atoms with van der Waals surface area (Å²) in [4.78, 5) is 67.4. The third kappa shape index (κ3) is 8.83. The van der Waals surface area contributed by atoms with Gasteiger partial charge in [0.05, 0.1) is 26.6 Å². The number of amides is 1. The number of carboxylic acids is 1. The summed E-state index contributed by atoms with van der Waals surface area (Å²) in [5.74, 6) is -2.83. The Morgan fingerprint density at radius 1 is 0.786 bits per heavy atom. The lowest BCUT2D eigenvalue weighted by molar-refractivity contribution is -0.168. The van der Waals surface area contributed by atoms with E-state index in [4.69, 9.17) is 23.7 Å². The van der Waals surface area contributed by atoms with Gasteiger partial charge in [-0.25, -0.2) is 4.79 Å². The molecule has 5 aromatic rings. The maximum absolute atomic E-state index is 13.6. The number of benzene rings is 4. The van der Waals surface area contributed by atoms with E-state index < -0.39 is 72.5 Å². The number of carbonyl (C=O) groups excluding carboxylic acids is 3. The number of hydrogen-bond acceptors (Lipinski definition) is 11. The second kappa shape index (κ2) is 17.7. The zero-order valence-corrected chi connectivity index (χ0v) is 30.5. The molecule has 2 N–H and O–H groups in total. The van der Waals surface area contributed by atoms with Crippen molar-refractivity contribution in [1.82, 2.24) is 9.55 Å². The first-order valence-corrected chi connectivity index (χ1v) is 17.7. The first-order valence-electron chi connectivity index (χ1n) is 17.7. The van der Waals surface area contributed by atoms with E-state index in [1.807, 2.05) is 72.8 Å². The molecule has 56 heavy (non-hydrogen) atoms. The van der Waals surface area contributed by atoms with Gasteiger partial charge in [-0.2, -0.15) is 4.98 Å². The first-order chi connectivity index (χ1) is 27.1. The van der Waals surface area contributed by atoms with Gasteiger partial charge in [0.25, 0.3) is 5.91 Å². The summed E-state index contributed by atoms with van der Waals surface area (Å²) in [5.41, 5.74) is 0.396. The molecule has 1 aliphatic rings. The largest absolute Gasteiger partial charge is 0.497 e. The summed E-state index contributed by atoms with van der Waals surface area (Å²) in [6, 6.07) is 36.0. The van der Waals surface area contributed by atoms with Crippen LogP contribution in [0, 0.1) is 0 Å². The lowest BCUT2D eigenvalue weighted by Gasteiger charge is -2.37. The predicted molar refractivity (Wildman–Crippen MR) is 201 cm³/mol. The normalized spacial score (nSPS) is 17.8. The monoisotopic (exact) mass is 761 g/mol. The maximum Gasteiger partial charge on any atom is 0.351 e. The fourth-order valence-corrected chi connectivity index (χ4v) is 6.53. The van der Waals surface area contributed by atoms with Crippen molar-refractivity contribution in [3.63, 3.8) is 0 Å². The molecular formula is C42H39N3O11. The Morgan fingerprint density at radius 2 is 1.38 bits per heavy atom. The molecule has 2 heterocycles. The van der Waals surface area contributed by atoms with Crippen LogP contribution in [0.5, 0.6) is 5.75 Å². The number of esters is 2. The Kier molecular flexibility index (Phi) is 12.3. The summed E-state index contributed by atoms with van der Waals surface area (Å²) in [6.07, 6.45) is -5.12. The quantitative estimate of drug-likeness (QED) is 0.106. The van der Waals surface area contributed by atoms with Crippen LogP contribution in [-0.4, -0.2) is 70.5 Å². The van der Waals surface area contributed by atoms with Gasteiger partial charge in [0.2, 0.25) is 0 Å². The summed E-state index contributed by atoms with van der Waals surface area (Å²) in [5, 5.41) is 11.8. The molecule has 14 heteroatoms. The summed E-state index contributed by atoms with van der Waals surface area (Å²) in [7, 11) is 1.57. The number of rotatable bonds is 15. The first kappa shape index (κ1) is 39.1. The summed E-state index contributed by atoms with van der Waals surface area (Å²) >= 11 is 0. The number of carboxylic acid groups (broad SMARTS) is 1. The van der Waals surface area contributed by atoms with Crippen LogP contribution < -0.4 is 15.7 Å². The molecule has 1 fully saturated rings. The highest BCUT2D eigenvalue weighted by Crippen LogP contribution is 2.43. The smallest absolute Gasteiger partial charge is 0.351 e. The maximum atomic E-state index is 13.6. The van der Waals surface area contributed by atoms with E-state index in [0.29, 0.717) is 11.3 Å². The van der Waals surface area contributed by atoms with Gasteiger partial charge in [-0.15, -0.1) is 0 Å². The lowest BCUT2D eigenvalue weighted by atomic mass is 9.80. The van der Waals surface area contributed by atoms with Crippen LogP contribution in [0.25, 0.3) is 0 Å². The molecular weight excluding hydrogens is 722 g/mol. The average Bonchev–Trinajstić information content (AvgIpc) is 3.53. The van der Waals surface area contributed by atoms with Crippen molar-refractivity contribution < 1.29 is 48.0 Å². The van der Waals surface area contributed by atoms with Crippen molar-refractivity contribution in [1.29, 1.82) is 0 Å². The molecule has 0 saturated carbocycles. The number of hydrogen-bond donors (Lipinski definition) is 2. The zero-order valence-electron chi connectivity index (χ0n) is 30.5. The molecule has 6 rings (SSSR count). The number of anilines is 1.